The Morgan fingerprint density at radius 3 is 2.79 bits per heavy atom. The zero-order valence-electron chi connectivity index (χ0n) is 15.1. The number of halogens is 1. The molecule has 1 N–H and O–H groups in total. The number of ether oxygens (including phenoxy) is 1. The van der Waals surface area contributed by atoms with Crippen molar-refractivity contribution in [3.05, 3.63) is 71.8 Å². The van der Waals surface area contributed by atoms with E-state index in [1.165, 1.54) is 24.0 Å². The first-order chi connectivity index (χ1) is 13.6. The number of nitrogens with one attached hydrogen (secondary N) is 1. The van der Waals surface area contributed by atoms with Crippen molar-refractivity contribution in [2.24, 2.45) is 12.1 Å². The van der Waals surface area contributed by atoms with Crippen LogP contribution in [0.25, 0.3) is 0 Å². The summed E-state index contributed by atoms with van der Waals surface area (Å²) in [6.45, 7) is 0.152. The standard InChI is InChI=1S/C19H18FN5O2S/c1-25-13-22-24-19(25)28-12-18(26)23-21-10-14-6-8-16(9-7-14)27-11-15-4-2-3-5-17(15)20/h2-10,13H,11-12H2,1H3,(H,23,26). The van der Waals surface area contributed by atoms with Gasteiger partial charge in [-0.2, -0.15) is 5.10 Å². The largest absolute Gasteiger partial charge is 0.489 e. The Labute approximate surface area is 165 Å². The van der Waals surface area contributed by atoms with Crippen LogP contribution in [0.5, 0.6) is 5.75 Å². The van der Waals surface area contributed by atoms with Crippen LogP contribution >= 0.6 is 11.8 Å². The van der Waals surface area contributed by atoms with Gasteiger partial charge < -0.3 is 9.30 Å². The van der Waals surface area contributed by atoms with Crippen LogP contribution in [-0.4, -0.2) is 32.6 Å². The van der Waals surface area contributed by atoms with Crippen LogP contribution in [0.1, 0.15) is 11.1 Å². The fourth-order valence-corrected chi connectivity index (χ4v) is 2.85. The van der Waals surface area contributed by atoms with Crippen LogP contribution in [0.2, 0.25) is 0 Å². The second kappa shape index (κ2) is 9.65. The van der Waals surface area contributed by atoms with E-state index >= 15 is 0 Å². The van der Waals surface area contributed by atoms with Crippen molar-refractivity contribution in [1.29, 1.82) is 0 Å². The monoisotopic (exact) mass is 399 g/mol. The Morgan fingerprint density at radius 2 is 2.07 bits per heavy atom. The number of aryl methyl sites for hydroxylation is 1. The summed E-state index contributed by atoms with van der Waals surface area (Å²) in [5, 5.41) is 12.2. The van der Waals surface area contributed by atoms with E-state index in [-0.39, 0.29) is 24.1 Å². The molecule has 0 aliphatic rings. The highest BCUT2D eigenvalue weighted by Gasteiger charge is 2.06. The first-order valence-electron chi connectivity index (χ1n) is 8.37. The lowest BCUT2D eigenvalue weighted by Gasteiger charge is -2.07. The van der Waals surface area contributed by atoms with Gasteiger partial charge in [-0.25, -0.2) is 9.82 Å². The molecule has 7 nitrogen and oxygen atoms in total. The van der Waals surface area contributed by atoms with Crippen LogP contribution < -0.4 is 10.2 Å². The van der Waals surface area contributed by atoms with E-state index in [0.29, 0.717) is 16.5 Å². The minimum Gasteiger partial charge on any atom is -0.489 e. The van der Waals surface area contributed by atoms with Gasteiger partial charge in [-0.05, 0) is 35.9 Å². The van der Waals surface area contributed by atoms with Gasteiger partial charge in [0.15, 0.2) is 5.16 Å². The SMILES string of the molecule is Cn1cnnc1SCC(=O)NN=Cc1ccc(OCc2ccccc2F)cc1. The minimum absolute atomic E-state index is 0.152. The van der Waals surface area contributed by atoms with Crippen LogP contribution in [0.3, 0.4) is 0 Å². The van der Waals surface area contributed by atoms with Crippen molar-refractivity contribution in [2.75, 3.05) is 5.75 Å². The van der Waals surface area contributed by atoms with Crippen molar-refractivity contribution in [3.63, 3.8) is 0 Å². The normalized spacial score (nSPS) is 10.9. The van der Waals surface area contributed by atoms with Crippen molar-refractivity contribution in [1.82, 2.24) is 20.2 Å². The number of hydrazone groups is 1. The highest BCUT2D eigenvalue weighted by molar-refractivity contribution is 7.99. The summed E-state index contributed by atoms with van der Waals surface area (Å²) < 4.78 is 20.9. The fourth-order valence-electron chi connectivity index (χ4n) is 2.17. The van der Waals surface area contributed by atoms with E-state index < -0.39 is 0 Å². The van der Waals surface area contributed by atoms with Crippen molar-refractivity contribution in [3.8, 4) is 5.75 Å². The molecule has 0 radical (unpaired) electrons. The van der Waals surface area contributed by atoms with E-state index in [4.69, 9.17) is 4.74 Å². The van der Waals surface area contributed by atoms with Crippen LogP contribution in [-0.2, 0) is 18.4 Å². The number of hydrogen-bond donors (Lipinski definition) is 1. The van der Waals surface area contributed by atoms with Crippen LogP contribution in [0.4, 0.5) is 4.39 Å². The molecule has 1 amide bonds. The van der Waals surface area contributed by atoms with Gasteiger partial charge in [-0.3, -0.25) is 4.79 Å². The molecule has 0 saturated carbocycles. The molecular weight excluding hydrogens is 381 g/mol. The van der Waals surface area contributed by atoms with Crippen LogP contribution in [0, 0.1) is 5.82 Å². The molecule has 0 fully saturated rings. The molecule has 0 saturated heterocycles. The molecule has 28 heavy (non-hydrogen) atoms. The van der Waals surface area contributed by atoms with E-state index in [2.05, 4.69) is 20.7 Å². The lowest BCUT2D eigenvalue weighted by Crippen LogP contribution is -2.19. The summed E-state index contributed by atoms with van der Waals surface area (Å²) in [5.74, 6) is 0.269. The summed E-state index contributed by atoms with van der Waals surface area (Å²) >= 11 is 1.27. The number of aromatic nitrogens is 3. The minimum atomic E-state index is -0.292. The number of carbonyl (C=O) groups is 1. The number of carbonyl (C=O) groups excluding carboxylic acids is 1. The Morgan fingerprint density at radius 1 is 1.29 bits per heavy atom. The lowest BCUT2D eigenvalue weighted by atomic mass is 10.2. The number of rotatable bonds is 8. The molecular formula is C19H18FN5O2S. The summed E-state index contributed by atoms with van der Waals surface area (Å²) in [6.07, 6.45) is 3.10. The third-order valence-electron chi connectivity index (χ3n) is 3.64. The first-order valence-corrected chi connectivity index (χ1v) is 9.35. The number of nitrogens with zero attached hydrogens (tertiary/aromatic N) is 4. The van der Waals surface area contributed by atoms with E-state index in [9.17, 15) is 9.18 Å². The number of amides is 1. The Kier molecular flexibility index (Phi) is 6.74. The zero-order valence-corrected chi connectivity index (χ0v) is 15.9. The van der Waals surface area contributed by atoms with Gasteiger partial charge in [-0.15, -0.1) is 10.2 Å². The Hall–Kier alpha value is -3.20. The molecule has 1 aromatic heterocycles. The third kappa shape index (κ3) is 5.65. The van der Waals surface area contributed by atoms with E-state index in [1.54, 1.807) is 53.4 Å². The van der Waals surface area contributed by atoms with Gasteiger partial charge in [0.05, 0.1) is 12.0 Å². The number of thioether (sulfide) groups is 1. The van der Waals surface area contributed by atoms with E-state index in [1.807, 2.05) is 7.05 Å². The second-order valence-electron chi connectivity index (χ2n) is 5.76. The molecule has 0 spiro atoms. The predicted molar refractivity (Wildman–Crippen MR) is 105 cm³/mol. The van der Waals surface area contributed by atoms with E-state index in [0.717, 1.165) is 5.56 Å². The molecule has 0 bridgehead atoms. The molecule has 0 aliphatic carbocycles. The maximum absolute atomic E-state index is 13.6. The molecule has 1 heterocycles. The fraction of sp³-hybridized carbons (Fsp3) is 0.158. The van der Waals surface area contributed by atoms with Gasteiger partial charge in [0.2, 0.25) is 0 Å². The highest BCUT2D eigenvalue weighted by Crippen LogP contribution is 2.15. The van der Waals surface area contributed by atoms with Crippen molar-refractivity contribution in [2.45, 2.75) is 11.8 Å². The smallest absolute Gasteiger partial charge is 0.250 e. The van der Waals surface area contributed by atoms with Gasteiger partial charge in [0.25, 0.3) is 5.91 Å². The predicted octanol–water partition coefficient (Wildman–Crippen LogP) is 2.78. The molecule has 0 unspecified atom stereocenters. The first kappa shape index (κ1) is 19.6. The highest BCUT2D eigenvalue weighted by atomic mass is 32.2. The van der Waals surface area contributed by atoms with Crippen molar-refractivity contribution < 1.29 is 13.9 Å². The van der Waals surface area contributed by atoms with Crippen molar-refractivity contribution >= 4 is 23.9 Å². The molecule has 0 atom stereocenters. The maximum atomic E-state index is 13.6. The third-order valence-corrected chi connectivity index (χ3v) is 4.67. The summed E-state index contributed by atoms with van der Waals surface area (Å²) in [6, 6.07) is 13.6. The van der Waals surface area contributed by atoms with Gasteiger partial charge in [0, 0.05) is 12.6 Å². The average molecular weight is 399 g/mol. The molecule has 9 heteroatoms. The molecule has 144 valence electrons. The molecule has 3 rings (SSSR count). The lowest BCUT2D eigenvalue weighted by molar-refractivity contribution is -0.118. The summed E-state index contributed by atoms with van der Waals surface area (Å²) in [4.78, 5) is 11.8. The maximum Gasteiger partial charge on any atom is 0.250 e. The number of benzene rings is 2. The quantitative estimate of drug-likeness (QED) is 0.358. The number of hydrogen-bond acceptors (Lipinski definition) is 6. The van der Waals surface area contributed by atoms with Gasteiger partial charge in [-0.1, -0.05) is 30.0 Å². The molecule has 2 aromatic carbocycles. The topological polar surface area (TPSA) is 81.4 Å². The molecule has 0 aliphatic heterocycles. The Balaban J connectivity index is 1.44. The summed E-state index contributed by atoms with van der Waals surface area (Å²) in [5.41, 5.74) is 3.75. The van der Waals surface area contributed by atoms with Gasteiger partial charge >= 0.3 is 0 Å². The van der Waals surface area contributed by atoms with Gasteiger partial charge in [0.1, 0.15) is 24.5 Å². The summed E-state index contributed by atoms with van der Waals surface area (Å²) in [7, 11) is 1.81. The molecule has 3 aromatic rings. The Bertz CT molecular complexity index is 959. The van der Waals surface area contributed by atoms with Crippen LogP contribution in [0.15, 0.2) is 65.1 Å². The zero-order chi connectivity index (χ0) is 19.8. The average Bonchev–Trinajstić information content (AvgIpc) is 3.11. The second-order valence-corrected chi connectivity index (χ2v) is 6.70.